The molecule has 4 heterocycles. The molecule has 320 valence electrons. The van der Waals surface area contributed by atoms with Gasteiger partial charge in [0.25, 0.3) is 0 Å². The number of H-pyrrole nitrogens is 2. The van der Waals surface area contributed by atoms with Crippen LogP contribution in [0.5, 0.6) is 0 Å². The maximum absolute atomic E-state index is 14.0. The number of fused-ring (bicyclic) bond motifs is 4. The number of carbonyl (C=O) groups is 4. The Kier molecular flexibility index (Phi) is 12.4. The first-order valence-electron chi connectivity index (χ1n) is 20.8. The zero-order valence-corrected chi connectivity index (χ0v) is 34.9. The van der Waals surface area contributed by atoms with Crippen LogP contribution in [0, 0.1) is 29.6 Å². The smallest absolute Gasteiger partial charge is 0.407 e. The van der Waals surface area contributed by atoms with E-state index in [0.717, 1.165) is 87.9 Å². The fraction of sp³-hybridized carbons (Fsp3) is 0.447. The first kappa shape index (κ1) is 42.8. The Morgan fingerprint density at radius 3 is 2.15 bits per heavy atom. The van der Waals surface area contributed by atoms with E-state index in [1.165, 1.54) is 14.2 Å². The third-order valence-corrected chi connectivity index (χ3v) is 12.4. The van der Waals surface area contributed by atoms with Gasteiger partial charge in [0, 0.05) is 29.3 Å². The SMILES string of the molecule is C.COC(=O)N[C@H](C(=O)N1CCC[C@H]1c1ncc(-c2ccc3cc(C#Cc4ccc5nc([C@@H]6[C@H]7CC[C@H](C7)N6C(=O)[C@@H](NC(=O)OC)C(C)C)[nH]c5c4)ccc3c2)[nH]1)C(C)C. The summed E-state index contributed by atoms with van der Waals surface area (Å²) in [7, 11) is 2.59. The predicted molar refractivity (Wildman–Crippen MR) is 233 cm³/mol. The monoisotopic (exact) mass is 828 g/mol. The molecule has 3 aromatic carbocycles. The van der Waals surface area contributed by atoms with Crippen molar-refractivity contribution in [2.24, 2.45) is 17.8 Å². The van der Waals surface area contributed by atoms with Crippen LogP contribution in [0.4, 0.5) is 9.59 Å². The van der Waals surface area contributed by atoms with E-state index in [1.54, 1.807) is 0 Å². The average molecular weight is 829 g/mol. The van der Waals surface area contributed by atoms with Crippen LogP contribution in [0.15, 0.2) is 60.8 Å². The number of ether oxygens (including phenoxy) is 2. The van der Waals surface area contributed by atoms with Crippen molar-refractivity contribution >= 4 is 45.8 Å². The molecule has 5 aromatic rings. The van der Waals surface area contributed by atoms with Crippen molar-refractivity contribution in [1.82, 2.24) is 40.4 Å². The molecule has 8 rings (SSSR count). The zero-order chi connectivity index (χ0) is 42.2. The van der Waals surface area contributed by atoms with Crippen LogP contribution in [0.2, 0.25) is 0 Å². The number of aromatic amines is 2. The minimum absolute atomic E-state index is 0. The lowest BCUT2D eigenvalue weighted by molar-refractivity contribution is -0.139. The summed E-state index contributed by atoms with van der Waals surface area (Å²) in [5, 5.41) is 7.56. The largest absolute Gasteiger partial charge is 0.453 e. The van der Waals surface area contributed by atoms with E-state index >= 15 is 0 Å². The summed E-state index contributed by atoms with van der Waals surface area (Å²) in [6, 6.07) is 16.7. The van der Waals surface area contributed by atoms with Crippen molar-refractivity contribution in [2.45, 2.75) is 97.4 Å². The van der Waals surface area contributed by atoms with Gasteiger partial charge in [0.2, 0.25) is 11.8 Å². The standard InChI is InChI=1S/C46H52N8O6.CH4/c1-25(2)38(51-45(57)59-5)43(55)53-19-7-8-37(53)41-47-24-36(50-41)31-15-14-29-20-27(11-13-30(29)22-31)9-10-28-12-18-34-35(21-28)49-42(48-34)40-32-16-17-33(23-32)54(40)44(56)39(26(3)4)52-46(58)60-6;/h11-15,18,20-22,24-26,32-33,37-40H,7-8,16-17,19,23H2,1-6H3,(H,47,50)(H,48,49)(H,51,57)(H,52,58);1H4/t32-,33+,37-,38-,39-,40-;/m0./s1. The number of rotatable bonds is 9. The summed E-state index contributed by atoms with van der Waals surface area (Å²) in [5.41, 5.74) is 5.23. The van der Waals surface area contributed by atoms with E-state index in [4.69, 9.17) is 19.4 Å². The summed E-state index contributed by atoms with van der Waals surface area (Å²) in [5.74, 6) is 7.97. The highest BCUT2D eigenvalue weighted by Gasteiger charge is 2.51. The number of imidazole rings is 2. The number of alkyl carbamates (subject to hydrolysis) is 2. The number of aromatic nitrogens is 4. The van der Waals surface area contributed by atoms with Crippen molar-refractivity contribution in [3.05, 3.63) is 83.6 Å². The molecular weight excluding hydrogens is 773 g/mol. The van der Waals surface area contributed by atoms with Crippen LogP contribution in [-0.2, 0) is 19.1 Å². The number of nitrogens with one attached hydrogen (secondary N) is 4. The van der Waals surface area contributed by atoms with E-state index in [2.05, 4.69) is 62.8 Å². The lowest BCUT2D eigenvalue weighted by atomic mass is 9.95. The van der Waals surface area contributed by atoms with Crippen LogP contribution in [-0.4, -0.2) is 92.6 Å². The molecule has 0 unspecified atom stereocenters. The van der Waals surface area contributed by atoms with Crippen molar-refractivity contribution in [2.75, 3.05) is 20.8 Å². The van der Waals surface area contributed by atoms with Gasteiger partial charge in [-0.05, 0) is 97.0 Å². The third-order valence-electron chi connectivity index (χ3n) is 12.4. The maximum Gasteiger partial charge on any atom is 0.407 e. The van der Waals surface area contributed by atoms with Crippen molar-refractivity contribution in [3.8, 4) is 23.1 Å². The van der Waals surface area contributed by atoms with Gasteiger partial charge in [0.05, 0.1) is 49.2 Å². The molecule has 3 aliphatic rings. The molecule has 14 nitrogen and oxygen atoms in total. The molecule has 4 amide bonds. The molecule has 61 heavy (non-hydrogen) atoms. The highest BCUT2D eigenvalue weighted by molar-refractivity contribution is 5.89. The lowest BCUT2D eigenvalue weighted by Crippen LogP contribution is -2.54. The van der Waals surface area contributed by atoms with Gasteiger partial charge in [-0.2, -0.15) is 0 Å². The normalized spacial score (nSPS) is 20.3. The molecule has 2 bridgehead atoms. The molecule has 2 aromatic heterocycles. The van der Waals surface area contributed by atoms with E-state index in [-0.39, 0.29) is 49.2 Å². The third kappa shape index (κ3) is 8.51. The van der Waals surface area contributed by atoms with Crippen LogP contribution in [0.3, 0.4) is 0 Å². The van der Waals surface area contributed by atoms with Crippen molar-refractivity contribution < 1.29 is 28.7 Å². The average Bonchev–Trinajstić information content (AvgIpc) is 4.11. The molecule has 2 aliphatic heterocycles. The van der Waals surface area contributed by atoms with Crippen molar-refractivity contribution in [3.63, 3.8) is 0 Å². The summed E-state index contributed by atoms with van der Waals surface area (Å²) in [4.78, 5) is 72.1. The van der Waals surface area contributed by atoms with Crippen LogP contribution in [0.25, 0.3) is 33.1 Å². The minimum Gasteiger partial charge on any atom is -0.453 e. The van der Waals surface area contributed by atoms with Gasteiger partial charge in [-0.25, -0.2) is 19.6 Å². The topological polar surface area (TPSA) is 175 Å². The van der Waals surface area contributed by atoms with E-state index < -0.39 is 24.3 Å². The van der Waals surface area contributed by atoms with Gasteiger partial charge >= 0.3 is 12.2 Å². The van der Waals surface area contributed by atoms with Crippen LogP contribution in [0.1, 0.15) is 102 Å². The van der Waals surface area contributed by atoms with Crippen molar-refractivity contribution in [1.29, 1.82) is 0 Å². The molecule has 0 radical (unpaired) electrons. The number of likely N-dealkylation sites (tertiary alicyclic amines) is 2. The number of carbonyl (C=O) groups excluding carboxylic acids is 4. The molecule has 0 spiro atoms. The molecular formula is C47H56N8O6. The maximum atomic E-state index is 14.0. The Balaban J connectivity index is 0.00000561. The minimum atomic E-state index is -0.692. The fourth-order valence-electron chi connectivity index (χ4n) is 9.25. The lowest BCUT2D eigenvalue weighted by Gasteiger charge is -2.37. The molecule has 14 heteroatoms. The molecule has 6 atom stereocenters. The molecule has 2 saturated heterocycles. The molecule has 4 N–H and O–H groups in total. The van der Waals surface area contributed by atoms with E-state index in [0.29, 0.717) is 12.5 Å². The second-order valence-electron chi connectivity index (χ2n) is 16.9. The number of hydrogen-bond acceptors (Lipinski definition) is 8. The number of hydrogen-bond donors (Lipinski definition) is 4. The Hall–Kier alpha value is -6.36. The molecule has 1 aliphatic carbocycles. The van der Waals surface area contributed by atoms with Gasteiger partial charge in [-0.1, -0.05) is 65.2 Å². The van der Waals surface area contributed by atoms with E-state index in [1.807, 2.05) is 68.0 Å². The summed E-state index contributed by atoms with van der Waals surface area (Å²) in [6.07, 6.45) is 5.09. The summed E-state index contributed by atoms with van der Waals surface area (Å²) >= 11 is 0. The summed E-state index contributed by atoms with van der Waals surface area (Å²) < 4.78 is 9.59. The fourth-order valence-corrected chi connectivity index (χ4v) is 9.25. The van der Waals surface area contributed by atoms with Gasteiger partial charge in [0.15, 0.2) is 0 Å². The van der Waals surface area contributed by atoms with Crippen LogP contribution >= 0.6 is 0 Å². The second-order valence-corrected chi connectivity index (χ2v) is 16.9. The predicted octanol–water partition coefficient (Wildman–Crippen LogP) is 7.62. The first-order valence-corrected chi connectivity index (χ1v) is 20.8. The second kappa shape index (κ2) is 17.7. The number of piperidine rings is 1. The number of methoxy groups -OCH3 is 2. The number of amides is 4. The highest BCUT2D eigenvalue weighted by Crippen LogP contribution is 2.50. The van der Waals surface area contributed by atoms with Gasteiger partial charge in [0.1, 0.15) is 23.7 Å². The number of benzene rings is 3. The first-order chi connectivity index (χ1) is 28.9. The number of nitrogens with zero attached hydrogens (tertiary/aromatic N) is 4. The highest BCUT2D eigenvalue weighted by atomic mass is 16.5. The van der Waals surface area contributed by atoms with Gasteiger partial charge < -0.3 is 39.9 Å². The Bertz CT molecular complexity index is 2510. The van der Waals surface area contributed by atoms with Gasteiger partial charge in [-0.15, -0.1) is 0 Å². The summed E-state index contributed by atoms with van der Waals surface area (Å²) in [6.45, 7) is 8.24. The van der Waals surface area contributed by atoms with E-state index in [9.17, 15) is 19.2 Å². The Labute approximate surface area is 356 Å². The zero-order valence-electron chi connectivity index (χ0n) is 34.9. The molecule has 3 fully saturated rings. The van der Waals surface area contributed by atoms with Crippen LogP contribution < -0.4 is 10.6 Å². The Morgan fingerprint density at radius 1 is 0.787 bits per heavy atom. The quantitative estimate of drug-likeness (QED) is 0.110. The Morgan fingerprint density at radius 2 is 1.44 bits per heavy atom. The molecule has 1 saturated carbocycles. The van der Waals surface area contributed by atoms with Gasteiger partial charge in [-0.3, -0.25) is 9.59 Å².